The molecule has 0 bridgehead atoms. The lowest BCUT2D eigenvalue weighted by Gasteiger charge is -2.34. The van der Waals surface area contributed by atoms with Crippen molar-refractivity contribution in [1.82, 2.24) is 20.3 Å². The van der Waals surface area contributed by atoms with E-state index in [0.29, 0.717) is 36.3 Å². The topological polar surface area (TPSA) is 84.1 Å². The summed E-state index contributed by atoms with van der Waals surface area (Å²) in [7, 11) is 0. The second-order valence-corrected chi connectivity index (χ2v) is 5.47. The lowest BCUT2D eigenvalue weighted by molar-refractivity contribution is -0.0120. The fourth-order valence-electron chi connectivity index (χ4n) is 2.84. The summed E-state index contributed by atoms with van der Waals surface area (Å²) in [5, 5.41) is 14.2. The van der Waals surface area contributed by atoms with E-state index < -0.39 is 5.60 Å². The van der Waals surface area contributed by atoms with E-state index in [0.717, 1.165) is 19.4 Å². The number of nitrogens with one attached hydrogen (secondary N) is 1. The molecule has 1 aliphatic rings. The maximum absolute atomic E-state index is 10.8. The summed E-state index contributed by atoms with van der Waals surface area (Å²) in [5.41, 5.74) is -0.317. The Hall–Kier alpha value is -1.79. The standard InChI is InChI=1S/C15H20N4O2/c1-2-16-11-4-6-15(20,7-5-11)12-10-21-14(19-12)13-17-8-3-9-18-13/h3,8-11,16,20H,2,4-7H2,1H3. The van der Waals surface area contributed by atoms with Crippen LogP contribution in [0.5, 0.6) is 0 Å². The van der Waals surface area contributed by atoms with Crippen molar-refractivity contribution in [3.8, 4) is 11.7 Å². The molecular formula is C15H20N4O2. The summed E-state index contributed by atoms with van der Waals surface area (Å²) in [5.74, 6) is 0.793. The highest BCUT2D eigenvalue weighted by Gasteiger charge is 2.37. The monoisotopic (exact) mass is 288 g/mol. The van der Waals surface area contributed by atoms with Gasteiger partial charge < -0.3 is 14.8 Å². The van der Waals surface area contributed by atoms with Gasteiger partial charge in [0.15, 0.2) is 0 Å². The number of hydrogen-bond donors (Lipinski definition) is 2. The van der Waals surface area contributed by atoms with Gasteiger partial charge in [-0.05, 0) is 38.3 Å². The van der Waals surface area contributed by atoms with Gasteiger partial charge in [0.05, 0.1) is 0 Å². The molecule has 2 aromatic rings. The quantitative estimate of drug-likeness (QED) is 0.893. The van der Waals surface area contributed by atoms with Crippen molar-refractivity contribution in [3.05, 3.63) is 30.4 Å². The second kappa shape index (κ2) is 5.91. The van der Waals surface area contributed by atoms with Gasteiger partial charge in [0.25, 0.3) is 5.89 Å². The molecule has 6 nitrogen and oxygen atoms in total. The average molecular weight is 288 g/mol. The van der Waals surface area contributed by atoms with Crippen molar-refractivity contribution < 1.29 is 9.52 Å². The average Bonchev–Trinajstić information content (AvgIpc) is 3.02. The largest absolute Gasteiger partial charge is 0.442 e. The Balaban J connectivity index is 1.74. The molecule has 1 aliphatic carbocycles. The normalized spacial score (nSPS) is 25.9. The maximum Gasteiger partial charge on any atom is 0.265 e. The molecule has 0 aromatic carbocycles. The Labute approximate surface area is 123 Å². The summed E-state index contributed by atoms with van der Waals surface area (Å²) in [4.78, 5) is 12.6. The summed E-state index contributed by atoms with van der Waals surface area (Å²) in [6.45, 7) is 3.06. The molecular weight excluding hydrogens is 268 g/mol. The zero-order chi connectivity index (χ0) is 14.7. The fourth-order valence-corrected chi connectivity index (χ4v) is 2.84. The Kier molecular flexibility index (Phi) is 3.98. The lowest BCUT2D eigenvalue weighted by atomic mass is 9.80. The van der Waals surface area contributed by atoms with Gasteiger partial charge in [0.2, 0.25) is 5.82 Å². The van der Waals surface area contributed by atoms with E-state index in [-0.39, 0.29) is 0 Å². The first-order valence-electron chi connectivity index (χ1n) is 7.40. The second-order valence-electron chi connectivity index (χ2n) is 5.47. The van der Waals surface area contributed by atoms with Gasteiger partial charge in [-0.15, -0.1) is 0 Å². The van der Waals surface area contributed by atoms with Crippen molar-refractivity contribution >= 4 is 0 Å². The van der Waals surface area contributed by atoms with E-state index in [1.54, 1.807) is 18.5 Å². The molecule has 2 heterocycles. The molecule has 1 saturated carbocycles. The minimum atomic E-state index is -0.900. The van der Waals surface area contributed by atoms with E-state index in [9.17, 15) is 5.11 Å². The third-order valence-electron chi connectivity index (χ3n) is 4.04. The number of aliphatic hydroxyl groups is 1. The number of aromatic nitrogens is 3. The van der Waals surface area contributed by atoms with Crippen molar-refractivity contribution in [2.45, 2.75) is 44.2 Å². The van der Waals surface area contributed by atoms with Crippen molar-refractivity contribution in [2.24, 2.45) is 0 Å². The van der Waals surface area contributed by atoms with Crippen LogP contribution in [0, 0.1) is 0 Å². The molecule has 0 unspecified atom stereocenters. The number of nitrogens with zero attached hydrogens (tertiary/aromatic N) is 3. The molecule has 0 radical (unpaired) electrons. The van der Waals surface area contributed by atoms with Crippen molar-refractivity contribution in [3.63, 3.8) is 0 Å². The molecule has 112 valence electrons. The van der Waals surface area contributed by atoms with Gasteiger partial charge in [-0.1, -0.05) is 6.92 Å². The molecule has 0 amide bonds. The van der Waals surface area contributed by atoms with Crippen LogP contribution in [0.25, 0.3) is 11.7 Å². The SMILES string of the molecule is CCNC1CCC(O)(c2coc(-c3ncccn3)n2)CC1. The Morgan fingerprint density at radius 1 is 1.33 bits per heavy atom. The van der Waals surface area contributed by atoms with Crippen LogP contribution in [-0.2, 0) is 5.60 Å². The molecule has 0 atom stereocenters. The first-order valence-corrected chi connectivity index (χ1v) is 7.40. The molecule has 1 fully saturated rings. The highest BCUT2D eigenvalue weighted by molar-refractivity contribution is 5.40. The summed E-state index contributed by atoms with van der Waals surface area (Å²) in [6.07, 6.45) is 8.06. The lowest BCUT2D eigenvalue weighted by Crippen LogP contribution is -2.39. The molecule has 2 aromatic heterocycles. The van der Waals surface area contributed by atoms with Crippen LogP contribution in [0.15, 0.2) is 29.1 Å². The van der Waals surface area contributed by atoms with Gasteiger partial charge in [0.1, 0.15) is 17.6 Å². The Morgan fingerprint density at radius 3 is 2.71 bits per heavy atom. The van der Waals surface area contributed by atoms with Gasteiger partial charge in [0, 0.05) is 18.4 Å². The molecule has 0 saturated heterocycles. The third kappa shape index (κ3) is 2.96. The zero-order valence-electron chi connectivity index (χ0n) is 12.1. The van der Waals surface area contributed by atoms with E-state index in [4.69, 9.17) is 4.42 Å². The van der Waals surface area contributed by atoms with Crippen LogP contribution in [0.3, 0.4) is 0 Å². The predicted molar refractivity (Wildman–Crippen MR) is 77.4 cm³/mol. The highest BCUT2D eigenvalue weighted by atomic mass is 16.3. The zero-order valence-corrected chi connectivity index (χ0v) is 12.1. The van der Waals surface area contributed by atoms with Crippen molar-refractivity contribution in [1.29, 1.82) is 0 Å². The van der Waals surface area contributed by atoms with E-state index in [2.05, 4.69) is 27.2 Å². The molecule has 6 heteroatoms. The minimum Gasteiger partial charge on any atom is -0.442 e. The predicted octanol–water partition coefficient (Wildman–Crippen LogP) is 1.87. The van der Waals surface area contributed by atoms with E-state index in [1.165, 1.54) is 6.26 Å². The van der Waals surface area contributed by atoms with E-state index in [1.807, 2.05) is 0 Å². The molecule has 21 heavy (non-hydrogen) atoms. The van der Waals surface area contributed by atoms with Crippen LogP contribution < -0.4 is 5.32 Å². The molecule has 2 N–H and O–H groups in total. The van der Waals surface area contributed by atoms with Crippen LogP contribution >= 0.6 is 0 Å². The molecule has 0 spiro atoms. The first kappa shape index (κ1) is 14.2. The van der Waals surface area contributed by atoms with E-state index >= 15 is 0 Å². The van der Waals surface area contributed by atoms with Gasteiger partial charge in [-0.3, -0.25) is 0 Å². The first-order chi connectivity index (χ1) is 10.2. The maximum atomic E-state index is 10.8. The van der Waals surface area contributed by atoms with Gasteiger partial charge in [-0.25, -0.2) is 15.0 Å². The number of hydrogen-bond acceptors (Lipinski definition) is 6. The summed E-state index contributed by atoms with van der Waals surface area (Å²) < 4.78 is 5.43. The smallest absolute Gasteiger partial charge is 0.265 e. The summed E-state index contributed by atoms with van der Waals surface area (Å²) >= 11 is 0. The molecule has 0 aliphatic heterocycles. The van der Waals surface area contributed by atoms with Gasteiger partial charge >= 0.3 is 0 Å². The number of rotatable bonds is 4. The highest BCUT2D eigenvalue weighted by Crippen LogP contribution is 2.37. The van der Waals surface area contributed by atoms with Crippen LogP contribution in [0.2, 0.25) is 0 Å². The Bertz CT molecular complexity index is 576. The van der Waals surface area contributed by atoms with Crippen LogP contribution in [0.4, 0.5) is 0 Å². The summed E-state index contributed by atoms with van der Waals surface area (Å²) in [6, 6.07) is 2.22. The molecule has 3 rings (SSSR count). The minimum absolute atomic E-state index is 0.354. The van der Waals surface area contributed by atoms with Crippen LogP contribution in [0.1, 0.15) is 38.3 Å². The fraction of sp³-hybridized carbons (Fsp3) is 0.533. The van der Waals surface area contributed by atoms with Crippen LogP contribution in [-0.4, -0.2) is 32.6 Å². The van der Waals surface area contributed by atoms with Crippen molar-refractivity contribution in [2.75, 3.05) is 6.54 Å². The van der Waals surface area contributed by atoms with Gasteiger partial charge in [-0.2, -0.15) is 0 Å². The third-order valence-corrected chi connectivity index (χ3v) is 4.04. The Morgan fingerprint density at radius 2 is 2.05 bits per heavy atom. The number of oxazole rings is 1.